The minimum Gasteiger partial charge on any atom is -0.399 e. The number of hydrogen-bond donors (Lipinski definition) is 0. The summed E-state index contributed by atoms with van der Waals surface area (Å²) in [5, 5.41) is 0. The van der Waals surface area contributed by atoms with Crippen LogP contribution in [0.5, 0.6) is 0 Å². The summed E-state index contributed by atoms with van der Waals surface area (Å²) >= 11 is 0. The number of nitrogens with zero attached hydrogens (tertiary/aromatic N) is 3. The summed E-state index contributed by atoms with van der Waals surface area (Å²) in [6, 6.07) is -0.412. The Balaban J connectivity index is 2.23. The average molecular weight is 293 g/mol. The maximum atomic E-state index is 8.55. The molecular weight excluding hydrogens is 265 g/mol. The van der Waals surface area contributed by atoms with Crippen LogP contribution in [-0.2, 0) is 9.31 Å². The first-order chi connectivity index (χ1) is 13.1. The van der Waals surface area contributed by atoms with Crippen molar-refractivity contribution in [2.24, 2.45) is 0 Å². The van der Waals surface area contributed by atoms with Crippen LogP contribution in [0.15, 0.2) is 30.9 Å². The van der Waals surface area contributed by atoms with Crippen LogP contribution in [0, 0.1) is 6.85 Å². The summed E-state index contributed by atoms with van der Waals surface area (Å²) in [6.07, 6.45) is -2.23. The molecule has 0 spiro atoms. The van der Waals surface area contributed by atoms with E-state index >= 15 is 0 Å². The van der Waals surface area contributed by atoms with E-state index in [1.54, 1.807) is 27.7 Å². The molecule has 1 aliphatic heterocycles. The van der Waals surface area contributed by atoms with Crippen molar-refractivity contribution < 1.29 is 20.3 Å². The fraction of sp³-hybridized carbons (Fsp3) is 0.467. The molecule has 0 amide bonds. The standard InChI is InChI=1S/C15H20BN3O2/c1-11-9-19(10-18-11)13-6-12(7-17-8-13)16-20-14(2,3)15(4,5)21-16/h6-10H,1-5H3/i1D3,6D,7D,8D,9D,10D. The molecule has 3 rings (SSSR count). The largest absolute Gasteiger partial charge is 0.496 e. The Labute approximate surface area is 136 Å². The van der Waals surface area contributed by atoms with E-state index in [1.165, 1.54) is 0 Å². The Morgan fingerprint density at radius 3 is 2.57 bits per heavy atom. The summed E-state index contributed by atoms with van der Waals surface area (Å²) in [4.78, 5) is 7.41. The van der Waals surface area contributed by atoms with Crippen molar-refractivity contribution in [3.63, 3.8) is 0 Å². The number of hydrogen-bond acceptors (Lipinski definition) is 4. The van der Waals surface area contributed by atoms with Crippen LogP contribution in [0.3, 0.4) is 0 Å². The van der Waals surface area contributed by atoms with Gasteiger partial charge in [0.1, 0.15) is 1.37 Å². The highest BCUT2D eigenvalue weighted by molar-refractivity contribution is 6.62. The molecule has 0 N–H and O–H groups in total. The van der Waals surface area contributed by atoms with E-state index in [4.69, 9.17) is 20.3 Å². The zero-order valence-corrected chi connectivity index (χ0v) is 12.2. The molecule has 1 saturated heterocycles. The fourth-order valence-corrected chi connectivity index (χ4v) is 1.86. The number of pyridine rings is 1. The maximum Gasteiger partial charge on any atom is 0.496 e. The molecule has 3 heterocycles. The van der Waals surface area contributed by atoms with Gasteiger partial charge >= 0.3 is 7.12 Å². The lowest BCUT2D eigenvalue weighted by Crippen LogP contribution is -2.41. The van der Waals surface area contributed by atoms with Gasteiger partial charge in [-0.25, -0.2) is 4.98 Å². The van der Waals surface area contributed by atoms with E-state index in [9.17, 15) is 0 Å². The van der Waals surface area contributed by atoms with Gasteiger partial charge in [-0.05, 0) is 40.6 Å². The van der Waals surface area contributed by atoms with Crippen molar-refractivity contribution in [3.8, 4) is 5.69 Å². The molecule has 110 valence electrons. The predicted octanol–water partition coefficient (Wildman–Crippen LogP) is 1.87. The van der Waals surface area contributed by atoms with E-state index < -0.39 is 61.7 Å². The van der Waals surface area contributed by atoms with E-state index in [1.807, 2.05) is 0 Å². The Hall–Kier alpha value is -1.66. The zero-order chi connectivity index (χ0) is 22.1. The van der Waals surface area contributed by atoms with Crippen molar-refractivity contribution in [1.29, 1.82) is 0 Å². The van der Waals surface area contributed by atoms with Gasteiger partial charge < -0.3 is 13.9 Å². The van der Waals surface area contributed by atoms with Gasteiger partial charge in [-0.2, -0.15) is 0 Å². The quantitative estimate of drug-likeness (QED) is 0.793. The third-order valence-corrected chi connectivity index (χ3v) is 3.78. The summed E-state index contributed by atoms with van der Waals surface area (Å²) in [6.45, 7) is 4.47. The van der Waals surface area contributed by atoms with Crippen molar-refractivity contribution >= 4 is 12.6 Å². The highest BCUT2D eigenvalue weighted by Crippen LogP contribution is 2.36. The molecule has 1 aliphatic rings. The van der Waals surface area contributed by atoms with Gasteiger partial charge in [-0.3, -0.25) is 4.98 Å². The number of rotatable bonds is 2. The lowest BCUT2D eigenvalue weighted by molar-refractivity contribution is 0.00578. The smallest absolute Gasteiger partial charge is 0.399 e. The van der Waals surface area contributed by atoms with Crippen molar-refractivity contribution in [3.05, 3.63) is 36.6 Å². The van der Waals surface area contributed by atoms with Gasteiger partial charge in [0.15, 0.2) is 0 Å². The van der Waals surface area contributed by atoms with Gasteiger partial charge in [-0.15, -0.1) is 0 Å². The van der Waals surface area contributed by atoms with Gasteiger partial charge in [0.25, 0.3) is 0 Å². The molecule has 0 aliphatic carbocycles. The van der Waals surface area contributed by atoms with Crippen LogP contribution in [0.2, 0.25) is 0 Å². The Kier molecular flexibility index (Phi) is 1.68. The molecule has 2 aromatic heterocycles. The molecule has 0 radical (unpaired) electrons. The van der Waals surface area contributed by atoms with Crippen LogP contribution in [-0.4, -0.2) is 32.9 Å². The SMILES string of the molecule is [2H]c1nc([2H])c(-n2c([2H])nc(C([2H])([2H])[2H])c2[2H])c([2H])c1B1OC(C)(C)C(C)(C)O1. The Bertz CT molecular complexity index is 973. The molecule has 0 saturated carbocycles. The monoisotopic (exact) mass is 293 g/mol. The molecule has 0 atom stereocenters. The maximum absolute atomic E-state index is 8.55. The van der Waals surface area contributed by atoms with Crippen LogP contribution in [0.1, 0.15) is 44.4 Å². The summed E-state index contributed by atoms with van der Waals surface area (Å²) in [5.74, 6) is 0. The predicted molar refractivity (Wildman–Crippen MR) is 81.8 cm³/mol. The second kappa shape index (κ2) is 4.68. The van der Waals surface area contributed by atoms with Gasteiger partial charge in [-0.1, -0.05) is 0 Å². The summed E-state index contributed by atoms with van der Waals surface area (Å²) in [5.41, 5.74) is -2.52. The highest BCUT2D eigenvalue weighted by atomic mass is 16.7. The molecular formula is C15H20BN3O2. The van der Waals surface area contributed by atoms with Gasteiger partial charge in [0, 0.05) is 21.9 Å². The minimum atomic E-state index is -2.74. The third-order valence-electron chi connectivity index (χ3n) is 3.78. The van der Waals surface area contributed by atoms with Crippen molar-refractivity contribution in [1.82, 2.24) is 14.5 Å². The van der Waals surface area contributed by atoms with Crippen LogP contribution < -0.4 is 5.46 Å². The molecule has 6 heteroatoms. The van der Waals surface area contributed by atoms with Crippen LogP contribution >= 0.6 is 0 Å². The van der Waals surface area contributed by atoms with E-state index in [2.05, 4.69) is 9.97 Å². The zero-order valence-electron chi connectivity index (χ0n) is 20.2. The van der Waals surface area contributed by atoms with Crippen LogP contribution in [0.4, 0.5) is 0 Å². The van der Waals surface area contributed by atoms with Gasteiger partial charge in [0.05, 0.1) is 40.5 Å². The van der Waals surface area contributed by atoms with Crippen LogP contribution in [0.25, 0.3) is 5.69 Å². The molecule has 21 heavy (non-hydrogen) atoms. The Morgan fingerprint density at radius 2 is 1.95 bits per heavy atom. The second-order valence-corrected chi connectivity index (χ2v) is 5.82. The van der Waals surface area contributed by atoms with E-state index in [0.717, 1.165) is 4.57 Å². The molecule has 1 fully saturated rings. The topological polar surface area (TPSA) is 49.2 Å². The lowest BCUT2D eigenvalue weighted by Gasteiger charge is -2.32. The number of aromatic nitrogens is 3. The first-order valence-corrected chi connectivity index (χ1v) is 6.48. The normalized spacial score (nSPS) is 26.0. The number of imidazole rings is 1. The first kappa shape index (κ1) is 7.56. The molecule has 0 aromatic carbocycles. The molecule has 5 nitrogen and oxygen atoms in total. The van der Waals surface area contributed by atoms with E-state index in [-0.39, 0.29) is 11.2 Å². The van der Waals surface area contributed by atoms with Gasteiger partial charge in [0.2, 0.25) is 0 Å². The second-order valence-electron chi connectivity index (χ2n) is 5.82. The number of aryl methyl sites for hydroxylation is 1. The lowest BCUT2D eigenvalue weighted by atomic mass is 9.80. The van der Waals surface area contributed by atoms with Crippen molar-refractivity contribution in [2.75, 3.05) is 0 Å². The first-order valence-electron chi connectivity index (χ1n) is 10.5. The molecule has 2 aromatic rings. The molecule has 0 unspecified atom stereocenters. The fourth-order valence-electron chi connectivity index (χ4n) is 1.86. The summed E-state index contributed by atoms with van der Waals surface area (Å²) < 4.78 is 75.8. The van der Waals surface area contributed by atoms with Crippen molar-refractivity contribution in [2.45, 2.75) is 45.7 Å². The molecule has 0 bridgehead atoms. The van der Waals surface area contributed by atoms with E-state index in [0.29, 0.717) is 0 Å². The summed E-state index contributed by atoms with van der Waals surface area (Å²) in [7, 11) is -1.12. The Morgan fingerprint density at radius 1 is 1.24 bits per heavy atom. The highest BCUT2D eigenvalue weighted by Gasteiger charge is 2.51. The average Bonchev–Trinajstić information content (AvgIpc) is 2.92. The third kappa shape index (κ3) is 2.49. The minimum absolute atomic E-state index is 0.0717.